The molecule has 3 heterocycles. The van der Waals surface area contributed by atoms with Crippen LogP contribution in [0, 0.1) is 18.8 Å². The lowest BCUT2D eigenvalue weighted by atomic mass is 10.1. The third-order valence-electron chi connectivity index (χ3n) is 6.12. The van der Waals surface area contributed by atoms with E-state index < -0.39 is 11.6 Å². The first-order valence-corrected chi connectivity index (χ1v) is 12.0. The Kier molecular flexibility index (Phi) is 7.13. The van der Waals surface area contributed by atoms with Crippen molar-refractivity contribution >= 4 is 28.8 Å². The van der Waals surface area contributed by atoms with E-state index in [0.29, 0.717) is 25.9 Å². The van der Waals surface area contributed by atoms with Crippen LogP contribution in [0.2, 0.25) is 0 Å². The summed E-state index contributed by atoms with van der Waals surface area (Å²) in [5, 5.41) is 7.89. The van der Waals surface area contributed by atoms with Crippen LogP contribution >= 0.6 is 0 Å². The SMILES string of the molecule is Cc1nn(C2CCC(=O)NC2=O)c2cccc(C#CCOC3CCN(C(=O)OC(C)(C)C)CC3)c12. The molecule has 2 aliphatic heterocycles. The highest BCUT2D eigenvalue weighted by molar-refractivity contribution is 6.00. The minimum Gasteiger partial charge on any atom is -0.444 e. The third-order valence-corrected chi connectivity index (χ3v) is 6.12. The predicted molar refractivity (Wildman–Crippen MR) is 130 cm³/mol. The van der Waals surface area contributed by atoms with Crippen LogP contribution in [0.15, 0.2) is 18.2 Å². The van der Waals surface area contributed by atoms with Crippen LogP contribution in [0.5, 0.6) is 0 Å². The van der Waals surface area contributed by atoms with Crippen molar-refractivity contribution in [1.82, 2.24) is 20.0 Å². The molecule has 1 atom stereocenters. The summed E-state index contributed by atoms with van der Waals surface area (Å²) in [6, 6.07) is 5.22. The quantitative estimate of drug-likeness (QED) is 0.535. The summed E-state index contributed by atoms with van der Waals surface area (Å²) in [5.74, 6) is 5.71. The van der Waals surface area contributed by atoms with Crippen molar-refractivity contribution in [1.29, 1.82) is 0 Å². The average molecular weight is 481 g/mol. The summed E-state index contributed by atoms with van der Waals surface area (Å²) < 4.78 is 13.1. The Morgan fingerprint density at radius 3 is 2.63 bits per heavy atom. The zero-order valence-electron chi connectivity index (χ0n) is 20.7. The molecule has 0 aliphatic carbocycles. The molecule has 186 valence electrons. The molecule has 2 saturated heterocycles. The molecule has 1 aromatic heterocycles. The highest BCUT2D eigenvalue weighted by Gasteiger charge is 2.30. The van der Waals surface area contributed by atoms with Gasteiger partial charge in [0.2, 0.25) is 5.91 Å². The fourth-order valence-electron chi connectivity index (χ4n) is 4.46. The number of fused-ring (bicyclic) bond motifs is 1. The van der Waals surface area contributed by atoms with Crippen LogP contribution in [0.3, 0.4) is 0 Å². The summed E-state index contributed by atoms with van der Waals surface area (Å²) in [6.07, 6.45) is 1.98. The van der Waals surface area contributed by atoms with Gasteiger partial charge in [-0.3, -0.25) is 19.6 Å². The van der Waals surface area contributed by atoms with Crippen molar-refractivity contribution < 1.29 is 23.9 Å². The first-order valence-electron chi connectivity index (χ1n) is 12.0. The topological polar surface area (TPSA) is 103 Å². The Morgan fingerprint density at radius 2 is 1.94 bits per heavy atom. The minimum atomic E-state index is -0.512. The largest absolute Gasteiger partial charge is 0.444 e. The molecule has 0 spiro atoms. The first-order chi connectivity index (χ1) is 16.6. The van der Waals surface area contributed by atoms with E-state index in [2.05, 4.69) is 22.3 Å². The summed E-state index contributed by atoms with van der Waals surface area (Å²) in [6.45, 7) is 8.97. The second-order valence-electron chi connectivity index (χ2n) is 9.98. The number of aromatic nitrogens is 2. The fraction of sp³-hybridized carbons (Fsp3) is 0.538. The van der Waals surface area contributed by atoms with Crippen molar-refractivity contribution in [2.75, 3.05) is 19.7 Å². The second kappa shape index (κ2) is 10.1. The van der Waals surface area contributed by atoms with Crippen molar-refractivity contribution in [3.05, 3.63) is 29.5 Å². The number of benzene rings is 1. The molecular weight excluding hydrogens is 448 g/mol. The molecule has 35 heavy (non-hydrogen) atoms. The van der Waals surface area contributed by atoms with Gasteiger partial charge in [-0.25, -0.2) is 4.79 Å². The van der Waals surface area contributed by atoms with Crippen LogP contribution in [-0.2, 0) is 19.1 Å². The van der Waals surface area contributed by atoms with E-state index in [4.69, 9.17) is 9.47 Å². The van der Waals surface area contributed by atoms with Gasteiger partial charge in [-0.05, 0) is 59.1 Å². The number of carbonyl (C=O) groups is 3. The number of likely N-dealkylation sites (tertiary alicyclic amines) is 1. The van der Waals surface area contributed by atoms with Crippen LogP contribution in [0.1, 0.15) is 63.8 Å². The molecule has 4 rings (SSSR count). The summed E-state index contributed by atoms with van der Waals surface area (Å²) >= 11 is 0. The number of ether oxygens (including phenoxy) is 2. The van der Waals surface area contributed by atoms with Gasteiger partial charge in [-0.2, -0.15) is 5.10 Å². The normalized spacial score (nSPS) is 19.3. The maximum atomic E-state index is 12.4. The van der Waals surface area contributed by atoms with Crippen molar-refractivity contribution in [3.8, 4) is 11.8 Å². The van der Waals surface area contributed by atoms with E-state index in [9.17, 15) is 14.4 Å². The van der Waals surface area contributed by atoms with Crippen LogP contribution in [0.4, 0.5) is 4.79 Å². The predicted octanol–water partition coefficient (Wildman–Crippen LogP) is 3.09. The standard InChI is InChI=1S/C26H32N4O5/c1-17-23-18(7-5-9-20(23)30(28-17)21-10-11-22(31)27-24(21)32)8-6-16-34-19-12-14-29(15-13-19)25(33)35-26(2,3)4/h5,7,9,19,21H,10-16H2,1-4H3,(H,27,31,32). The lowest BCUT2D eigenvalue weighted by molar-refractivity contribution is -0.135. The summed E-state index contributed by atoms with van der Waals surface area (Å²) in [7, 11) is 0. The van der Waals surface area contributed by atoms with E-state index in [-0.39, 0.29) is 30.6 Å². The van der Waals surface area contributed by atoms with Crippen molar-refractivity contribution in [2.45, 2.75) is 71.1 Å². The zero-order valence-corrected chi connectivity index (χ0v) is 20.7. The molecule has 0 saturated carbocycles. The highest BCUT2D eigenvalue weighted by Crippen LogP contribution is 2.28. The smallest absolute Gasteiger partial charge is 0.410 e. The van der Waals surface area contributed by atoms with Crippen molar-refractivity contribution in [2.24, 2.45) is 0 Å². The van der Waals surface area contributed by atoms with Gasteiger partial charge in [0.1, 0.15) is 18.2 Å². The zero-order chi connectivity index (χ0) is 25.2. The Hall–Kier alpha value is -3.38. The third kappa shape index (κ3) is 5.82. The average Bonchev–Trinajstić information content (AvgIpc) is 3.13. The number of nitrogens with one attached hydrogen (secondary N) is 1. The molecule has 1 N–H and O–H groups in total. The number of piperidine rings is 2. The number of hydrogen-bond acceptors (Lipinski definition) is 6. The van der Waals surface area contributed by atoms with E-state index in [1.165, 1.54) is 0 Å². The molecule has 2 aromatic rings. The van der Waals surface area contributed by atoms with Gasteiger partial charge in [-0.15, -0.1) is 0 Å². The van der Waals surface area contributed by atoms with Gasteiger partial charge in [0.25, 0.3) is 5.91 Å². The molecule has 1 unspecified atom stereocenters. The number of rotatable bonds is 3. The lowest BCUT2D eigenvalue weighted by Gasteiger charge is -2.33. The number of imide groups is 1. The molecule has 2 aliphatic rings. The van der Waals surface area contributed by atoms with Gasteiger partial charge >= 0.3 is 6.09 Å². The fourth-order valence-corrected chi connectivity index (χ4v) is 4.46. The van der Waals surface area contributed by atoms with Gasteiger partial charge < -0.3 is 14.4 Å². The molecule has 9 nitrogen and oxygen atoms in total. The number of hydrogen-bond donors (Lipinski definition) is 1. The minimum absolute atomic E-state index is 0.0517. The summed E-state index contributed by atoms with van der Waals surface area (Å²) in [5.41, 5.74) is 1.92. The van der Waals surface area contributed by atoms with E-state index >= 15 is 0 Å². The molecule has 3 amide bonds. The van der Waals surface area contributed by atoms with Gasteiger partial charge in [-0.1, -0.05) is 17.9 Å². The van der Waals surface area contributed by atoms with Crippen LogP contribution in [-0.4, -0.2) is 64.0 Å². The van der Waals surface area contributed by atoms with E-state index in [1.54, 1.807) is 9.58 Å². The Morgan fingerprint density at radius 1 is 1.20 bits per heavy atom. The van der Waals surface area contributed by atoms with E-state index in [0.717, 1.165) is 35.0 Å². The number of aryl methyl sites for hydroxylation is 1. The Labute approximate surface area is 205 Å². The molecule has 2 fully saturated rings. The van der Waals surface area contributed by atoms with Gasteiger partial charge in [0, 0.05) is 30.5 Å². The molecular formula is C26H32N4O5. The molecule has 1 aromatic carbocycles. The Bertz CT molecular complexity index is 1190. The number of amides is 3. The maximum Gasteiger partial charge on any atom is 0.410 e. The van der Waals surface area contributed by atoms with Crippen LogP contribution < -0.4 is 5.32 Å². The van der Waals surface area contributed by atoms with Crippen molar-refractivity contribution in [3.63, 3.8) is 0 Å². The number of nitrogens with zero attached hydrogens (tertiary/aromatic N) is 3. The lowest BCUT2D eigenvalue weighted by Crippen LogP contribution is -2.43. The first kappa shape index (κ1) is 24.7. The Balaban J connectivity index is 1.37. The molecule has 0 bridgehead atoms. The van der Waals surface area contributed by atoms with Gasteiger partial charge in [0.05, 0.1) is 17.3 Å². The molecule has 9 heteroatoms. The monoisotopic (exact) mass is 480 g/mol. The van der Waals surface area contributed by atoms with Gasteiger partial charge in [0.15, 0.2) is 0 Å². The number of carbonyl (C=O) groups excluding carboxylic acids is 3. The van der Waals surface area contributed by atoms with Crippen LogP contribution in [0.25, 0.3) is 10.9 Å². The van der Waals surface area contributed by atoms with E-state index in [1.807, 2.05) is 45.9 Å². The second-order valence-corrected chi connectivity index (χ2v) is 9.98. The highest BCUT2D eigenvalue weighted by atomic mass is 16.6. The maximum absolute atomic E-state index is 12.4. The summed E-state index contributed by atoms with van der Waals surface area (Å²) in [4.78, 5) is 37.8. The molecule has 0 radical (unpaired) electrons.